The molecule has 1 aliphatic rings. The number of rotatable bonds is 6. The molecular weight excluding hydrogens is 202 g/mol. The number of carbonyl (C=O) groups is 1. The molecule has 0 heterocycles. The molecule has 0 unspecified atom stereocenters. The summed E-state index contributed by atoms with van der Waals surface area (Å²) >= 11 is 0. The van der Waals surface area contributed by atoms with E-state index < -0.39 is 5.41 Å². The molecular formula is C12H25N3O. The SMILES string of the molecule is CC(C)CN(CC(C)(C)C(=O)NN)C1CC1. The van der Waals surface area contributed by atoms with Crippen molar-refractivity contribution in [3.63, 3.8) is 0 Å². The van der Waals surface area contributed by atoms with Gasteiger partial charge < -0.3 is 0 Å². The number of nitrogens with two attached hydrogens (primary N) is 1. The van der Waals surface area contributed by atoms with Gasteiger partial charge in [0.1, 0.15) is 0 Å². The minimum absolute atomic E-state index is 0.0816. The molecule has 0 radical (unpaired) electrons. The van der Waals surface area contributed by atoms with Gasteiger partial charge in [-0.1, -0.05) is 13.8 Å². The normalized spacial score (nSPS) is 16.9. The van der Waals surface area contributed by atoms with Crippen molar-refractivity contribution in [1.29, 1.82) is 0 Å². The highest BCUT2D eigenvalue weighted by Crippen LogP contribution is 2.30. The summed E-state index contributed by atoms with van der Waals surface area (Å²) in [6.07, 6.45) is 2.54. The molecule has 1 saturated carbocycles. The van der Waals surface area contributed by atoms with Crippen molar-refractivity contribution < 1.29 is 4.79 Å². The van der Waals surface area contributed by atoms with Crippen LogP contribution in [0.3, 0.4) is 0 Å². The maximum atomic E-state index is 11.6. The van der Waals surface area contributed by atoms with E-state index in [9.17, 15) is 4.79 Å². The first-order valence-electron chi connectivity index (χ1n) is 6.12. The monoisotopic (exact) mass is 227 g/mol. The van der Waals surface area contributed by atoms with Gasteiger partial charge in [-0.15, -0.1) is 0 Å². The van der Waals surface area contributed by atoms with Crippen molar-refractivity contribution in [2.24, 2.45) is 17.2 Å². The number of hydrazine groups is 1. The molecule has 1 rings (SSSR count). The predicted octanol–water partition coefficient (Wildman–Crippen LogP) is 1.12. The predicted molar refractivity (Wildman–Crippen MR) is 65.5 cm³/mol. The lowest BCUT2D eigenvalue weighted by Crippen LogP contribution is -2.48. The van der Waals surface area contributed by atoms with E-state index >= 15 is 0 Å². The number of hydrogen-bond donors (Lipinski definition) is 2. The zero-order valence-electron chi connectivity index (χ0n) is 10.9. The number of carbonyl (C=O) groups excluding carboxylic acids is 1. The maximum Gasteiger partial charge on any atom is 0.240 e. The highest BCUT2D eigenvalue weighted by atomic mass is 16.2. The summed E-state index contributed by atoms with van der Waals surface area (Å²) in [5, 5.41) is 0. The minimum Gasteiger partial charge on any atom is -0.299 e. The van der Waals surface area contributed by atoms with Crippen molar-refractivity contribution in [3.8, 4) is 0 Å². The quantitative estimate of drug-likeness (QED) is 0.406. The molecule has 0 aliphatic heterocycles. The van der Waals surface area contributed by atoms with E-state index in [0.29, 0.717) is 12.0 Å². The van der Waals surface area contributed by atoms with E-state index in [1.807, 2.05) is 13.8 Å². The molecule has 94 valence electrons. The van der Waals surface area contributed by atoms with Crippen molar-refractivity contribution in [3.05, 3.63) is 0 Å². The van der Waals surface area contributed by atoms with Crippen LogP contribution in [-0.4, -0.2) is 29.9 Å². The molecule has 4 heteroatoms. The van der Waals surface area contributed by atoms with Crippen LogP contribution in [0.1, 0.15) is 40.5 Å². The van der Waals surface area contributed by atoms with Crippen LogP contribution in [0.2, 0.25) is 0 Å². The van der Waals surface area contributed by atoms with Gasteiger partial charge in [-0.2, -0.15) is 0 Å². The van der Waals surface area contributed by atoms with Gasteiger partial charge in [-0.25, -0.2) is 5.84 Å². The van der Waals surface area contributed by atoms with Crippen LogP contribution < -0.4 is 11.3 Å². The summed E-state index contributed by atoms with van der Waals surface area (Å²) in [7, 11) is 0. The standard InChI is InChI=1S/C12H25N3O/c1-9(2)7-15(10-5-6-10)8-12(3,4)11(16)14-13/h9-10H,5-8,13H2,1-4H3,(H,14,16). The van der Waals surface area contributed by atoms with E-state index in [1.165, 1.54) is 12.8 Å². The molecule has 0 aromatic heterocycles. The van der Waals surface area contributed by atoms with Crippen molar-refractivity contribution in [2.75, 3.05) is 13.1 Å². The highest BCUT2D eigenvalue weighted by Gasteiger charge is 2.36. The number of nitrogens with zero attached hydrogens (tertiary/aromatic N) is 1. The second-order valence-electron chi connectivity index (χ2n) is 5.91. The third kappa shape index (κ3) is 3.76. The molecule has 0 bridgehead atoms. The molecule has 3 N–H and O–H groups in total. The van der Waals surface area contributed by atoms with Gasteiger partial charge in [0.15, 0.2) is 0 Å². The molecule has 1 amide bonds. The molecule has 16 heavy (non-hydrogen) atoms. The Morgan fingerprint density at radius 1 is 1.50 bits per heavy atom. The fourth-order valence-electron chi connectivity index (χ4n) is 2.03. The van der Waals surface area contributed by atoms with Crippen molar-refractivity contribution >= 4 is 5.91 Å². The average molecular weight is 227 g/mol. The summed E-state index contributed by atoms with van der Waals surface area (Å²) in [6, 6.07) is 0.687. The smallest absolute Gasteiger partial charge is 0.240 e. The van der Waals surface area contributed by atoms with Crippen molar-refractivity contribution in [1.82, 2.24) is 10.3 Å². The molecule has 1 aliphatic carbocycles. The molecule has 0 saturated heterocycles. The largest absolute Gasteiger partial charge is 0.299 e. The average Bonchev–Trinajstić information content (AvgIpc) is 2.97. The Balaban J connectivity index is 2.56. The lowest BCUT2D eigenvalue weighted by molar-refractivity contribution is -0.130. The lowest BCUT2D eigenvalue weighted by atomic mass is 9.91. The van der Waals surface area contributed by atoms with Crippen molar-refractivity contribution in [2.45, 2.75) is 46.6 Å². The van der Waals surface area contributed by atoms with Crippen LogP contribution >= 0.6 is 0 Å². The Morgan fingerprint density at radius 3 is 2.44 bits per heavy atom. The third-order valence-corrected chi connectivity index (χ3v) is 3.01. The van der Waals surface area contributed by atoms with Gasteiger partial charge in [-0.3, -0.25) is 15.1 Å². The van der Waals surface area contributed by atoms with Gasteiger partial charge in [-0.05, 0) is 32.6 Å². The van der Waals surface area contributed by atoms with E-state index in [4.69, 9.17) is 5.84 Å². The Hall–Kier alpha value is -0.610. The fourth-order valence-corrected chi connectivity index (χ4v) is 2.03. The van der Waals surface area contributed by atoms with Crippen LogP contribution in [0.5, 0.6) is 0 Å². The van der Waals surface area contributed by atoms with Gasteiger partial charge in [0.05, 0.1) is 5.41 Å². The first-order chi connectivity index (χ1) is 7.36. The third-order valence-electron chi connectivity index (χ3n) is 3.01. The number of amides is 1. The van der Waals surface area contributed by atoms with Crippen LogP contribution in [0, 0.1) is 11.3 Å². The van der Waals surface area contributed by atoms with Crippen LogP contribution in [0.4, 0.5) is 0 Å². The van der Waals surface area contributed by atoms with Crippen LogP contribution in [0.25, 0.3) is 0 Å². The first-order valence-corrected chi connectivity index (χ1v) is 6.12. The summed E-state index contributed by atoms with van der Waals surface area (Å²) < 4.78 is 0. The summed E-state index contributed by atoms with van der Waals surface area (Å²) in [5.41, 5.74) is 1.85. The Morgan fingerprint density at radius 2 is 2.06 bits per heavy atom. The first kappa shape index (κ1) is 13.5. The second-order valence-corrected chi connectivity index (χ2v) is 5.91. The van der Waals surface area contributed by atoms with Crippen LogP contribution in [-0.2, 0) is 4.79 Å². The topological polar surface area (TPSA) is 58.4 Å². The van der Waals surface area contributed by atoms with E-state index in [2.05, 4.69) is 24.2 Å². The molecule has 0 aromatic rings. The number of hydrogen-bond acceptors (Lipinski definition) is 3. The van der Waals surface area contributed by atoms with Gasteiger partial charge in [0.25, 0.3) is 0 Å². The zero-order valence-corrected chi connectivity index (χ0v) is 10.9. The summed E-state index contributed by atoms with van der Waals surface area (Å²) in [6.45, 7) is 10.2. The van der Waals surface area contributed by atoms with E-state index in [-0.39, 0.29) is 5.91 Å². The Kier molecular flexibility index (Phi) is 4.33. The molecule has 0 atom stereocenters. The molecule has 1 fully saturated rings. The minimum atomic E-state index is -0.410. The van der Waals surface area contributed by atoms with E-state index in [0.717, 1.165) is 13.1 Å². The molecule has 4 nitrogen and oxygen atoms in total. The molecule has 0 aromatic carbocycles. The second kappa shape index (κ2) is 5.15. The summed E-state index contributed by atoms with van der Waals surface area (Å²) in [4.78, 5) is 14.1. The fraction of sp³-hybridized carbons (Fsp3) is 0.917. The van der Waals surface area contributed by atoms with Gasteiger partial charge in [0.2, 0.25) is 5.91 Å². The molecule has 0 spiro atoms. The maximum absolute atomic E-state index is 11.6. The highest BCUT2D eigenvalue weighted by molar-refractivity contribution is 5.81. The van der Waals surface area contributed by atoms with E-state index in [1.54, 1.807) is 0 Å². The Bertz CT molecular complexity index is 247. The van der Waals surface area contributed by atoms with Gasteiger partial charge >= 0.3 is 0 Å². The zero-order chi connectivity index (χ0) is 12.3. The lowest BCUT2D eigenvalue weighted by Gasteiger charge is -2.32. The van der Waals surface area contributed by atoms with Gasteiger partial charge in [0, 0.05) is 19.1 Å². The van der Waals surface area contributed by atoms with Crippen LogP contribution in [0.15, 0.2) is 0 Å². The number of nitrogens with one attached hydrogen (secondary N) is 1. The Labute approximate surface area is 98.5 Å². The summed E-state index contributed by atoms with van der Waals surface area (Å²) in [5.74, 6) is 5.76.